The standard InChI is InChI=1S/C16H14ClF2NO2/c17-11-6-8-12(9-7-11)22-10-2-5-15(21)20-16-13(18)3-1-4-14(16)19/h1,3-4,6-9H,2,5,10H2,(H,20,21). The Hall–Kier alpha value is -2.14. The van der Waals surface area contributed by atoms with E-state index < -0.39 is 23.2 Å². The minimum atomic E-state index is -0.800. The molecule has 22 heavy (non-hydrogen) atoms. The van der Waals surface area contributed by atoms with E-state index in [0.29, 0.717) is 23.8 Å². The maximum absolute atomic E-state index is 13.4. The number of benzene rings is 2. The molecule has 2 aromatic carbocycles. The van der Waals surface area contributed by atoms with Gasteiger partial charge in [0, 0.05) is 11.4 Å². The number of para-hydroxylation sites is 1. The molecule has 1 N–H and O–H groups in total. The van der Waals surface area contributed by atoms with Gasteiger partial charge >= 0.3 is 0 Å². The second kappa shape index (κ2) is 7.75. The van der Waals surface area contributed by atoms with Crippen LogP contribution in [-0.4, -0.2) is 12.5 Å². The summed E-state index contributed by atoms with van der Waals surface area (Å²) in [5, 5.41) is 2.83. The average molecular weight is 326 g/mol. The molecule has 0 saturated carbocycles. The van der Waals surface area contributed by atoms with Crippen molar-refractivity contribution in [2.24, 2.45) is 0 Å². The van der Waals surface area contributed by atoms with Gasteiger partial charge in [0.15, 0.2) is 0 Å². The molecule has 2 rings (SSSR count). The zero-order chi connectivity index (χ0) is 15.9. The van der Waals surface area contributed by atoms with Gasteiger partial charge in [0.05, 0.1) is 6.61 Å². The summed E-state index contributed by atoms with van der Waals surface area (Å²) < 4.78 is 32.1. The van der Waals surface area contributed by atoms with Gasteiger partial charge in [-0.1, -0.05) is 17.7 Å². The summed E-state index contributed by atoms with van der Waals surface area (Å²) in [6.07, 6.45) is 0.520. The van der Waals surface area contributed by atoms with Crippen LogP contribution in [-0.2, 0) is 4.79 Å². The quantitative estimate of drug-likeness (QED) is 0.799. The first-order valence-electron chi connectivity index (χ1n) is 6.68. The molecule has 0 spiro atoms. The number of rotatable bonds is 6. The number of halogens is 3. The highest BCUT2D eigenvalue weighted by atomic mass is 35.5. The highest BCUT2D eigenvalue weighted by Gasteiger charge is 2.11. The van der Waals surface area contributed by atoms with Crippen LogP contribution in [0, 0.1) is 11.6 Å². The van der Waals surface area contributed by atoms with E-state index >= 15 is 0 Å². The Kier molecular flexibility index (Phi) is 5.72. The minimum absolute atomic E-state index is 0.0986. The van der Waals surface area contributed by atoms with Crippen LogP contribution in [0.1, 0.15) is 12.8 Å². The maximum Gasteiger partial charge on any atom is 0.224 e. The van der Waals surface area contributed by atoms with Crippen molar-refractivity contribution in [2.45, 2.75) is 12.8 Å². The fraction of sp³-hybridized carbons (Fsp3) is 0.188. The molecule has 0 aliphatic carbocycles. The van der Waals surface area contributed by atoms with Crippen LogP contribution >= 0.6 is 11.6 Å². The van der Waals surface area contributed by atoms with E-state index in [2.05, 4.69) is 5.32 Å². The predicted octanol–water partition coefficient (Wildman–Crippen LogP) is 4.42. The molecule has 0 aliphatic rings. The number of carbonyl (C=O) groups is 1. The molecule has 0 saturated heterocycles. The third-order valence-corrected chi connectivity index (χ3v) is 3.11. The molecule has 0 fully saturated rings. The van der Waals surface area contributed by atoms with Gasteiger partial charge in [-0.15, -0.1) is 0 Å². The van der Waals surface area contributed by atoms with Gasteiger partial charge in [0.1, 0.15) is 23.1 Å². The van der Waals surface area contributed by atoms with Gasteiger partial charge in [-0.05, 0) is 42.8 Å². The van der Waals surface area contributed by atoms with Gasteiger partial charge in [0.2, 0.25) is 5.91 Å². The first-order chi connectivity index (χ1) is 10.6. The van der Waals surface area contributed by atoms with Gasteiger partial charge in [-0.2, -0.15) is 0 Å². The lowest BCUT2D eigenvalue weighted by molar-refractivity contribution is -0.116. The second-order valence-corrected chi connectivity index (χ2v) is 4.99. The number of nitrogens with one attached hydrogen (secondary N) is 1. The summed E-state index contributed by atoms with van der Waals surface area (Å²) in [5.41, 5.74) is -0.425. The number of ether oxygens (including phenoxy) is 1. The molecule has 2 aromatic rings. The molecule has 1 amide bonds. The van der Waals surface area contributed by atoms with Gasteiger partial charge < -0.3 is 10.1 Å². The smallest absolute Gasteiger partial charge is 0.224 e. The van der Waals surface area contributed by atoms with Crippen molar-refractivity contribution in [2.75, 3.05) is 11.9 Å². The summed E-state index contributed by atoms with van der Waals surface area (Å²) in [4.78, 5) is 11.7. The zero-order valence-corrected chi connectivity index (χ0v) is 12.4. The molecule has 0 heterocycles. The highest BCUT2D eigenvalue weighted by molar-refractivity contribution is 6.30. The Morgan fingerprint density at radius 3 is 2.36 bits per heavy atom. The number of hydrogen-bond donors (Lipinski definition) is 1. The van der Waals surface area contributed by atoms with Crippen LogP contribution in [0.4, 0.5) is 14.5 Å². The van der Waals surface area contributed by atoms with Gasteiger partial charge in [-0.25, -0.2) is 8.78 Å². The lowest BCUT2D eigenvalue weighted by Gasteiger charge is -2.08. The SMILES string of the molecule is O=C(CCCOc1ccc(Cl)cc1)Nc1c(F)cccc1F. The molecule has 0 radical (unpaired) electrons. The van der Waals surface area contributed by atoms with Crippen LogP contribution in [0.15, 0.2) is 42.5 Å². The second-order valence-electron chi connectivity index (χ2n) is 4.55. The van der Waals surface area contributed by atoms with Crippen LogP contribution in [0.2, 0.25) is 5.02 Å². The van der Waals surface area contributed by atoms with E-state index in [9.17, 15) is 13.6 Å². The Balaban J connectivity index is 1.75. The lowest BCUT2D eigenvalue weighted by atomic mass is 10.2. The van der Waals surface area contributed by atoms with E-state index in [1.807, 2.05) is 0 Å². The Morgan fingerprint density at radius 1 is 1.09 bits per heavy atom. The van der Waals surface area contributed by atoms with Gasteiger partial charge in [-0.3, -0.25) is 4.79 Å². The molecular weight excluding hydrogens is 312 g/mol. The molecule has 0 bridgehead atoms. The molecule has 0 unspecified atom stereocenters. The number of carbonyl (C=O) groups excluding carboxylic acids is 1. The molecular formula is C16H14ClF2NO2. The van der Waals surface area contributed by atoms with Crippen LogP contribution in [0.5, 0.6) is 5.75 Å². The van der Waals surface area contributed by atoms with E-state index in [0.717, 1.165) is 12.1 Å². The minimum Gasteiger partial charge on any atom is -0.494 e. The van der Waals surface area contributed by atoms with Gasteiger partial charge in [0.25, 0.3) is 0 Å². The van der Waals surface area contributed by atoms with Crippen LogP contribution < -0.4 is 10.1 Å². The summed E-state index contributed by atoms with van der Waals surface area (Å²) in [6, 6.07) is 10.2. The van der Waals surface area contributed by atoms with Crippen molar-refractivity contribution in [3.8, 4) is 5.75 Å². The molecule has 116 valence electrons. The van der Waals surface area contributed by atoms with Crippen LogP contribution in [0.3, 0.4) is 0 Å². The molecule has 6 heteroatoms. The van der Waals surface area contributed by atoms with Crippen LogP contribution in [0.25, 0.3) is 0 Å². The Labute approximate surface area is 131 Å². The largest absolute Gasteiger partial charge is 0.494 e. The van der Waals surface area contributed by atoms with Crippen molar-refractivity contribution < 1.29 is 18.3 Å². The van der Waals surface area contributed by atoms with E-state index in [1.165, 1.54) is 6.07 Å². The third kappa shape index (κ3) is 4.70. The van der Waals surface area contributed by atoms with Crippen molar-refractivity contribution in [1.29, 1.82) is 0 Å². The first kappa shape index (κ1) is 16.2. The fourth-order valence-electron chi connectivity index (χ4n) is 1.77. The van der Waals surface area contributed by atoms with E-state index in [-0.39, 0.29) is 6.42 Å². The average Bonchev–Trinajstić information content (AvgIpc) is 2.49. The molecule has 3 nitrogen and oxygen atoms in total. The van der Waals surface area contributed by atoms with Crippen molar-refractivity contribution in [1.82, 2.24) is 0 Å². The predicted molar refractivity (Wildman–Crippen MR) is 81.2 cm³/mol. The number of hydrogen-bond acceptors (Lipinski definition) is 2. The van der Waals surface area contributed by atoms with Crippen molar-refractivity contribution >= 4 is 23.2 Å². The van der Waals surface area contributed by atoms with E-state index in [1.54, 1.807) is 24.3 Å². The molecule has 0 aliphatic heterocycles. The topological polar surface area (TPSA) is 38.3 Å². The fourth-order valence-corrected chi connectivity index (χ4v) is 1.90. The lowest BCUT2D eigenvalue weighted by Crippen LogP contribution is -2.15. The third-order valence-electron chi connectivity index (χ3n) is 2.86. The summed E-state index contributed by atoms with van der Waals surface area (Å²) >= 11 is 5.75. The summed E-state index contributed by atoms with van der Waals surface area (Å²) in [5.74, 6) is -1.43. The molecule has 0 aromatic heterocycles. The van der Waals surface area contributed by atoms with Crippen molar-refractivity contribution in [3.05, 3.63) is 59.1 Å². The number of anilines is 1. The zero-order valence-electron chi connectivity index (χ0n) is 11.6. The summed E-state index contributed by atoms with van der Waals surface area (Å²) in [6.45, 7) is 0.314. The Bertz CT molecular complexity index is 627. The van der Waals surface area contributed by atoms with E-state index in [4.69, 9.17) is 16.3 Å². The normalized spacial score (nSPS) is 10.3. The van der Waals surface area contributed by atoms with Crippen molar-refractivity contribution in [3.63, 3.8) is 0 Å². The monoisotopic (exact) mass is 325 g/mol. The highest BCUT2D eigenvalue weighted by Crippen LogP contribution is 2.18. The number of amides is 1. The maximum atomic E-state index is 13.4. The summed E-state index contributed by atoms with van der Waals surface area (Å²) in [7, 11) is 0. The first-order valence-corrected chi connectivity index (χ1v) is 7.06. The Morgan fingerprint density at radius 2 is 1.73 bits per heavy atom. The molecule has 0 atom stereocenters.